The van der Waals surface area contributed by atoms with Crippen molar-refractivity contribution in [3.05, 3.63) is 88.0 Å². The number of aliphatic carboxylic acids is 1. The van der Waals surface area contributed by atoms with Gasteiger partial charge in [-0.3, -0.25) is 14.5 Å². The molecule has 0 radical (unpaired) electrons. The van der Waals surface area contributed by atoms with Crippen molar-refractivity contribution >= 4 is 23.5 Å². The molecule has 5 rings (SSSR count). The Morgan fingerprint density at radius 2 is 1.88 bits per heavy atom. The van der Waals surface area contributed by atoms with Crippen molar-refractivity contribution in [2.24, 2.45) is 13.0 Å². The number of carboxylic acid groups (broad SMARTS) is 2. The van der Waals surface area contributed by atoms with Gasteiger partial charge in [0.15, 0.2) is 0 Å². The van der Waals surface area contributed by atoms with Gasteiger partial charge in [0.25, 0.3) is 6.47 Å². The van der Waals surface area contributed by atoms with Crippen molar-refractivity contribution in [2.75, 3.05) is 6.54 Å². The highest BCUT2D eigenvalue weighted by Gasteiger charge is 2.27. The van der Waals surface area contributed by atoms with Gasteiger partial charge in [0, 0.05) is 38.2 Å². The second-order valence-corrected chi connectivity index (χ2v) is 11.0. The first-order chi connectivity index (χ1) is 19.6. The lowest BCUT2D eigenvalue weighted by atomic mass is 9.84. The molecular formula is C32H38N4O5. The molecular weight excluding hydrogens is 520 g/mol. The fourth-order valence-electron chi connectivity index (χ4n) is 5.50. The van der Waals surface area contributed by atoms with E-state index in [2.05, 4.69) is 72.4 Å². The largest absolute Gasteiger partial charge is 0.488 e. The van der Waals surface area contributed by atoms with E-state index in [9.17, 15) is 9.90 Å². The molecule has 2 heterocycles. The summed E-state index contributed by atoms with van der Waals surface area (Å²) in [6.07, 6.45) is 0.110. The normalized spacial score (nSPS) is 15.8. The molecule has 0 fully saturated rings. The Balaban J connectivity index is 0.00000124. The van der Waals surface area contributed by atoms with E-state index in [1.165, 1.54) is 16.7 Å². The summed E-state index contributed by atoms with van der Waals surface area (Å²) in [5.41, 5.74) is 8.31. The maximum Gasteiger partial charge on any atom is 0.304 e. The zero-order valence-electron chi connectivity index (χ0n) is 24.2. The second-order valence-electron chi connectivity index (χ2n) is 11.0. The number of aryl methyl sites for hydroxylation is 3. The van der Waals surface area contributed by atoms with E-state index >= 15 is 0 Å². The first kappa shape index (κ1) is 29.7. The maximum atomic E-state index is 12.0. The standard InChI is InChI=1S/C31H36N4O3.CH2O2/c1-19(2)29-18-35(16-23-8-6-7-9-28(23)38-29)17-24-14-22(11-10-20(24)3)26(15-30(36)37)25-12-13-27-31(21(25)4)32-33-34(27)5;2-1-3/h6-14,19,26,29H,15-18H2,1-5H3,(H,36,37);1H,(H,2,3). The number of hydrogen-bond donors (Lipinski definition) is 2. The van der Waals surface area contributed by atoms with Gasteiger partial charge >= 0.3 is 5.97 Å². The maximum absolute atomic E-state index is 12.0. The molecule has 1 aromatic heterocycles. The van der Waals surface area contributed by atoms with Gasteiger partial charge in [-0.25, -0.2) is 4.68 Å². The summed E-state index contributed by atoms with van der Waals surface area (Å²) in [7, 11) is 1.87. The van der Waals surface area contributed by atoms with E-state index in [0.29, 0.717) is 5.92 Å². The Morgan fingerprint density at radius 1 is 1.15 bits per heavy atom. The van der Waals surface area contributed by atoms with E-state index in [4.69, 9.17) is 14.6 Å². The quantitative estimate of drug-likeness (QED) is 0.293. The topological polar surface area (TPSA) is 118 Å². The average molecular weight is 559 g/mol. The average Bonchev–Trinajstić information content (AvgIpc) is 3.20. The summed E-state index contributed by atoms with van der Waals surface area (Å²) in [5.74, 6) is 0.247. The van der Waals surface area contributed by atoms with Crippen molar-refractivity contribution in [1.29, 1.82) is 0 Å². The minimum atomic E-state index is -0.822. The van der Waals surface area contributed by atoms with Crippen LogP contribution in [0.25, 0.3) is 11.0 Å². The Morgan fingerprint density at radius 3 is 2.59 bits per heavy atom. The number of rotatable bonds is 7. The number of fused-ring (bicyclic) bond motifs is 2. The van der Waals surface area contributed by atoms with Crippen molar-refractivity contribution in [3.8, 4) is 5.75 Å². The lowest BCUT2D eigenvalue weighted by Gasteiger charge is -2.27. The zero-order chi connectivity index (χ0) is 29.7. The third kappa shape index (κ3) is 6.74. The van der Waals surface area contributed by atoms with Crippen LogP contribution in [0.1, 0.15) is 59.6 Å². The Hall–Kier alpha value is -4.24. The summed E-state index contributed by atoms with van der Waals surface area (Å²) in [4.78, 5) is 22.8. The fraction of sp³-hybridized carbons (Fsp3) is 0.375. The van der Waals surface area contributed by atoms with Gasteiger partial charge in [-0.2, -0.15) is 0 Å². The van der Waals surface area contributed by atoms with Crippen molar-refractivity contribution in [1.82, 2.24) is 19.9 Å². The number of para-hydroxylation sites is 1. The number of carbonyl (C=O) groups is 2. The molecule has 41 heavy (non-hydrogen) atoms. The Bertz CT molecular complexity index is 1530. The molecule has 9 nitrogen and oxygen atoms in total. The first-order valence-corrected chi connectivity index (χ1v) is 13.8. The molecule has 4 aromatic rings. The van der Waals surface area contributed by atoms with Gasteiger partial charge in [0.05, 0.1) is 11.9 Å². The van der Waals surface area contributed by atoms with Crippen LogP contribution in [0, 0.1) is 19.8 Å². The monoisotopic (exact) mass is 558 g/mol. The highest BCUT2D eigenvalue weighted by atomic mass is 16.5. The van der Waals surface area contributed by atoms with Crippen molar-refractivity contribution < 1.29 is 24.5 Å². The molecule has 0 amide bonds. The van der Waals surface area contributed by atoms with Crippen LogP contribution in [-0.2, 0) is 29.7 Å². The number of hydrogen-bond acceptors (Lipinski definition) is 6. The fourth-order valence-corrected chi connectivity index (χ4v) is 5.50. The molecule has 2 atom stereocenters. The van der Waals surface area contributed by atoms with Crippen LogP contribution in [0.3, 0.4) is 0 Å². The lowest BCUT2D eigenvalue weighted by molar-refractivity contribution is -0.137. The van der Waals surface area contributed by atoms with Gasteiger partial charge in [0.2, 0.25) is 0 Å². The van der Waals surface area contributed by atoms with Crippen LogP contribution < -0.4 is 4.74 Å². The van der Waals surface area contributed by atoms with E-state index in [0.717, 1.165) is 53.1 Å². The molecule has 0 saturated heterocycles. The van der Waals surface area contributed by atoms with Gasteiger partial charge in [-0.05, 0) is 59.7 Å². The molecule has 216 valence electrons. The predicted molar refractivity (Wildman–Crippen MR) is 157 cm³/mol. The van der Waals surface area contributed by atoms with E-state index in [1.54, 1.807) is 4.68 Å². The van der Waals surface area contributed by atoms with Gasteiger partial charge in [-0.1, -0.05) is 61.5 Å². The highest BCUT2D eigenvalue weighted by Crippen LogP contribution is 2.35. The minimum absolute atomic E-state index is 0.00939. The molecule has 1 aliphatic heterocycles. The van der Waals surface area contributed by atoms with Crippen LogP contribution in [0.5, 0.6) is 5.75 Å². The van der Waals surface area contributed by atoms with Gasteiger partial charge in [0.1, 0.15) is 17.4 Å². The van der Waals surface area contributed by atoms with Crippen LogP contribution in [0.2, 0.25) is 0 Å². The van der Waals surface area contributed by atoms with E-state index < -0.39 is 5.97 Å². The summed E-state index contributed by atoms with van der Waals surface area (Å²) in [6, 6.07) is 18.7. The van der Waals surface area contributed by atoms with Crippen LogP contribution in [0.15, 0.2) is 54.6 Å². The Kier molecular flexibility index (Phi) is 9.39. The highest BCUT2D eigenvalue weighted by molar-refractivity contribution is 5.80. The van der Waals surface area contributed by atoms with E-state index in [-0.39, 0.29) is 24.9 Å². The number of ether oxygens (including phenoxy) is 1. The third-order valence-corrected chi connectivity index (χ3v) is 7.83. The molecule has 2 N–H and O–H groups in total. The summed E-state index contributed by atoms with van der Waals surface area (Å²) < 4.78 is 8.16. The molecule has 0 saturated carbocycles. The van der Waals surface area contributed by atoms with Gasteiger partial charge in [-0.15, -0.1) is 5.10 Å². The predicted octanol–water partition coefficient (Wildman–Crippen LogP) is 5.31. The van der Waals surface area contributed by atoms with Crippen molar-refractivity contribution in [3.63, 3.8) is 0 Å². The summed E-state index contributed by atoms with van der Waals surface area (Å²) >= 11 is 0. The number of aromatic nitrogens is 3. The molecule has 3 aromatic carbocycles. The van der Waals surface area contributed by atoms with Crippen LogP contribution in [0.4, 0.5) is 0 Å². The first-order valence-electron chi connectivity index (χ1n) is 13.8. The SMILES string of the molecule is Cc1ccc(C(CC(=O)O)c2ccc3c(nnn3C)c2C)cc1CN1Cc2ccccc2OC(C(C)C)C1.O=CO. The zero-order valence-corrected chi connectivity index (χ0v) is 24.2. The minimum Gasteiger partial charge on any atom is -0.488 e. The Labute approximate surface area is 240 Å². The smallest absolute Gasteiger partial charge is 0.304 e. The second kappa shape index (κ2) is 13.0. The number of nitrogens with zero attached hydrogens (tertiary/aromatic N) is 4. The van der Waals surface area contributed by atoms with Crippen molar-refractivity contribution in [2.45, 2.75) is 59.2 Å². The molecule has 1 aliphatic rings. The van der Waals surface area contributed by atoms with Crippen LogP contribution >= 0.6 is 0 Å². The van der Waals surface area contributed by atoms with Crippen LogP contribution in [-0.4, -0.2) is 55.2 Å². The van der Waals surface area contributed by atoms with E-state index in [1.807, 2.05) is 32.2 Å². The molecule has 0 aliphatic carbocycles. The molecule has 0 spiro atoms. The lowest BCUT2D eigenvalue weighted by Crippen LogP contribution is -2.36. The third-order valence-electron chi connectivity index (χ3n) is 7.83. The number of benzene rings is 3. The summed E-state index contributed by atoms with van der Waals surface area (Å²) in [5, 5.41) is 25.2. The summed E-state index contributed by atoms with van der Waals surface area (Å²) in [6.45, 7) is 10.7. The number of carboxylic acids is 1. The molecule has 9 heteroatoms. The molecule has 0 bridgehead atoms. The molecule has 2 unspecified atom stereocenters. The van der Waals surface area contributed by atoms with Gasteiger partial charge < -0.3 is 14.9 Å².